The van der Waals surface area contributed by atoms with Gasteiger partial charge < -0.3 is 14.2 Å². The molecule has 0 spiro atoms. The average Bonchev–Trinajstić information content (AvgIpc) is 3.06. The minimum absolute atomic E-state index is 0.000790. The predicted molar refractivity (Wildman–Crippen MR) is 75.8 cm³/mol. The molecule has 0 saturated carbocycles. The van der Waals surface area contributed by atoms with Gasteiger partial charge in [-0.3, -0.25) is 9.48 Å². The van der Waals surface area contributed by atoms with Crippen LogP contribution in [0.4, 0.5) is 0 Å². The maximum Gasteiger partial charge on any atom is 0.271 e. The van der Waals surface area contributed by atoms with E-state index in [0.29, 0.717) is 18.8 Å². The monoisotopic (exact) mass is 289 g/mol. The van der Waals surface area contributed by atoms with Gasteiger partial charge in [-0.25, -0.2) is 0 Å². The molecule has 0 N–H and O–H groups in total. The molecule has 0 aromatic carbocycles. The Bertz CT molecular complexity index is 660. The minimum atomic E-state index is -0.185. The fraction of sp³-hybridized carbons (Fsp3) is 0.500. The summed E-state index contributed by atoms with van der Waals surface area (Å²) in [7, 11) is 5.39. The maximum atomic E-state index is 12.8. The van der Waals surface area contributed by atoms with Gasteiger partial charge in [0, 0.05) is 40.4 Å². The second-order valence-electron chi connectivity index (χ2n) is 5.27. The zero-order chi connectivity index (χ0) is 15.0. The maximum absolute atomic E-state index is 12.8. The molecule has 3 heterocycles. The van der Waals surface area contributed by atoms with Gasteiger partial charge in [-0.2, -0.15) is 0 Å². The van der Waals surface area contributed by atoms with Crippen LogP contribution in [0.1, 0.15) is 27.9 Å². The Labute approximate surface area is 123 Å². The summed E-state index contributed by atoms with van der Waals surface area (Å²) in [5, 5.41) is 8.30. The lowest BCUT2D eigenvalue weighted by atomic mass is 10.0. The molecule has 0 unspecified atom stereocenters. The number of amides is 1. The van der Waals surface area contributed by atoms with Crippen LogP contribution in [0.15, 0.2) is 18.3 Å². The van der Waals surface area contributed by atoms with Crippen LogP contribution in [0.25, 0.3) is 0 Å². The molecule has 1 amide bonds. The summed E-state index contributed by atoms with van der Waals surface area (Å²) in [6.07, 6.45) is 2.63. The first-order valence-electron chi connectivity index (χ1n) is 6.93. The number of rotatable bonds is 3. The number of aryl methyl sites for hydroxylation is 2. The van der Waals surface area contributed by atoms with Crippen molar-refractivity contribution in [3.8, 4) is 0 Å². The first-order valence-corrected chi connectivity index (χ1v) is 6.93. The van der Waals surface area contributed by atoms with E-state index in [9.17, 15) is 4.79 Å². The van der Waals surface area contributed by atoms with Gasteiger partial charge in [0.15, 0.2) is 0 Å². The van der Waals surface area contributed by atoms with Crippen LogP contribution in [0, 0.1) is 0 Å². The van der Waals surface area contributed by atoms with Crippen LogP contribution >= 0.6 is 0 Å². The number of methoxy groups -OCH3 is 1. The standard InChI is InChI=1S/C14H19N5O2/c1-17-7-4-5-11(17)14(20)19-8-6-10-13(12(19)9-21-3)15-16-18(10)2/h4-5,7,12H,6,8-9H2,1-3H3/t12-/m1/s1. The van der Waals surface area contributed by atoms with Crippen molar-refractivity contribution in [3.63, 3.8) is 0 Å². The van der Waals surface area contributed by atoms with E-state index < -0.39 is 0 Å². The largest absolute Gasteiger partial charge is 0.382 e. The van der Waals surface area contributed by atoms with Crippen molar-refractivity contribution >= 4 is 5.91 Å². The van der Waals surface area contributed by atoms with Gasteiger partial charge in [-0.1, -0.05) is 5.21 Å². The zero-order valence-electron chi connectivity index (χ0n) is 12.5. The third-order valence-corrected chi connectivity index (χ3v) is 4.00. The first kappa shape index (κ1) is 13.8. The highest BCUT2D eigenvalue weighted by Gasteiger charge is 2.35. The molecule has 2 aromatic heterocycles. The van der Waals surface area contributed by atoms with Crippen molar-refractivity contribution in [3.05, 3.63) is 35.4 Å². The molecule has 1 aliphatic rings. The molecular weight excluding hydrogens is 270 g/mol. The van der Waals surface area contributed by atoms with E-state index in [1.54, 1.807) is 11.8 Å². The van der Waals surface area contributed by atoms with Gasteiger partial charge in [0.25, 0.3) is 5.91 Å². The first-order chi connectivity index (χ1) is 10.1. The molecule has 1 aliphatic heterocycles. The zero-order valence-corrected chi connectivity index (χ0v) is 12.5. The Morgan fingerprint density at radius 1 is 1.48 bits per heavy atom. The van der Waals surface area contributed by atoms with Crippen LogP contribution in [0.2, 0.25) is 0 Å². The van der Waals surface area contributed by atoms with Gasteiger partial charge in [0.05, 0.1) is 12.3 Å². The molecule has 112 valence electrons. The van der Waals surface area contributed by atoms with E-state index in [1.165, 1.54) is 0 Å². The topological polar surface area (TPSA) is 65.2 Å². The molecule has 2 aromatic rings. The van der Waals surface area contributed by atoms with Crippen LogP contribution in [-0.2, 0) is 25.3 Å². The second-order valence-corrected chi connectivity index (χ2v) is 5.27. The average molecular weight is 289 g/mol. The SMILES string of the molecule is COC[C@@H]1c2nnn(C)c2CCN1C(=O)c1cccn1C. The quantitative estimate of drug-likeness (QED) is 0.827. The Morgan fingerprint density at radius 2 is 2.29 bits per heavy atom. The molecule has 0 bridgehead atoms. The molecule has 7 heteroatoms. The van der Waals surface area contributed by atoms with Crippen LogP contribution in [0.3, 0.4) is 0 Å². The van der Waals surface area contributed by atoms with Crippen LogP contribution in [0.5, 0.6) is 0 Å². The second kappa shape index (κ2) is 5.33. The van der Waals surface area contributed by atoms with Crippen molar-refractivity contribution in [1.82, 2.24) is 24.5 Å². The highest BCUT2D eigenvalue weighted by molar-refractivity contribution is 5.93. The van der Waals surface area contributed by atoms with Crippen molar-refractivity contribution in [2.75, 3.05) is 20.3 Å². The Kier molecular flexibility index (Phi) is 3.50. The van der Waals surface area contributed by atoms with E-state index in [-0.39, 0.29) is 11.9 Å². The number of nitrogens with zero attached hydrogens (tertiary/aromatic N) is 5. The van der Waals surface area contributed by atoms with Crippen molar-refractivity contribution in [2.24, 2.45) is 14.1 Å². The molecule has 0 saturated heterocycles. The van der Waals surface area contributed by atoms with E-state index in [1.807, 2.05) is 41.9 Å². The number of aromatic nitrogens is 4. The summed E-state index contributed by atoms with van der Waals surface area (Å²) in [6, 6.07) is 3.52. The number of ether oxygens (including phenoxy) is 1. The lowest BCUT2D eigenvalue weighted by Gasteiger charge is -2.34. The van der Waals surface area contributed by atoms with Crippen molar-refractivity contribution in [1.29, 1.82) is 0 Å². The summed E-state index contributed by atoms with van der Waals surface area (Å²) in [6.45, 7) is 1.06. The molecule has 1 atom stereocenters. The molecule has 7 nitrogen and oxygen atoms in total. The minimum Gasteiger partial charge on any atom is -0.382 e. The van der Waals surface area contributed by atoms with Crippen LogP contribution < -0.4 is 0 Å². The van der Waals surface area contributed by atoms with E-state index in [2.05, 4.69) is 10.3 Å². The van der Waals surface area contributed by atoms with Gasteiger partial charge in [-0.05, 0) is 12.1 Å². The normalized spacial score (nSPS) is 17.9. The lowest BCUT2D eigenvalue weighted by molar-refractivity contribution is 0.0482. The van der Waals surface area contributed by atoms with Gasteiger partial charge in [0.1, 0.15) is 17.4 Å². The number of hydrogen-bond donors (Lipinski definition) is 0. The summed E-state index contributed by atoms with van der Waals surface area (Å²) in [5.74, 6) is 0.000790. The third kappa shape index (κ3) is 2.23. The molecule has 0 aliphatic carbocycles. The molecule has 0 radical (unpaired) electrons. The Morgan fingerprint density at radius 3 is 2.95 bits per heavy atom. The van der Waals surface area contributed by atoms with Crippen LogP contribution in [-0.4, -0.2) is 50.6 Å². The number of hydrogen-bond acceptors (Lipinski definition) is 4. The third-order valence-electron chi connectivity index (χ3n) is 4.00. The smallest absolute Gasteiger partial charge is 0.271 e. The Hall–Kier alpha value is -2.15. The van der Waals surface area contributed by atoms with Crippen molar-refractivity contribution in [2.45, 2.75) is 12.5 Å². The fourth-order valence-corrected chi connectivity index (χ4v) is 2.87. The molecule has 3 rings (SSSR count). The molecule has 0 fully saturated rings. The van der Waals surface area contributed by atoms with Crippen molar-refractivity contribution < 1.29 is 9.53 Å². The lowest BCUT2D eigenvalue weighted by Crippen LogP contribution is -2.43. The van der Waals surface area contributed by atoms with Gasteiger partial charge >= 0.3 is 0 Å². The summed E-state index contributed by atoms with van der Waals surface area (Å²) in [5.41, 5.74) is 2.59. The summed E-state index contributed by atoms with van der Waals surface area (Å²) >= 11 is 0. The summed E-state index contributed by atoms with van der Waals surface area (Å²) < 4.78 is 8.91. The highest BCUT2D eigenvalue weighted by atomic mass is 16.5. The van der Waals surface area contributed by atoms with E-state index >= 15 is 0 Å². The molecule has 21 heavy (non-hydrogen) atoms. The summed E-state index contributed by atoms with van der Waals surface area (Å²) in [4.78, 5) is 14.6. The van der Waals surface area contributed by atoms with Gasteiger partial charge in [-0.15, -0.1) is 5.10 Å². The predicted octanol–water partition coefficient (Wildman–Crippen LogP) is 0.540. The van der Waals surface area contributed by atoms with E-state index in [0.717, 1.165) is 17.8 Å². The highest BCUT2D eigenvalue weighted by Crippen LogP contribution is 2.29. The van der Waals surface area contributed by atoms with E-state index in [4.69, 9.17) is 4.74 Å². The number of carbonyl (C=O) groups excluding carboxylic acids is 1. The van der Waals surface area contributed by atoms with Gasteiger partial charge in [0.2, 0.25) is 0 Å². The number of fused-ring (bicyclic) bond motifs is 1. The fourth-order valence-electron chi connectivity index (χ4n) is 2.87. The number of carbonyl (C=O) groups is 1. The Balaban J connectivity index is 1.95. The molecular formula is C14H19N5O2.